The van der Waals surface area contributed by atoms with E-state index in [4.69, 9.17) is 11.6 Å². The molecule has 118 valence electrons. The zero-order valence-electron chi connectivity index (χ0n) is 12.2. The molecule has 2 N–H and O–H groups in total. The lowest BCUT2D eigenvalue weighted by Crippen LogP contribution is -2.30. The number of aliphatic hydroxyl groups excluding tert-OH is 1. The Morgan fingerprint density at radius 1 is 1.26 bits per heavy atom. The number of para-hydroxylation sites is 1. The summed E-state index contributed by atoms with van der Waals surface area (Å²) in [5.74, 6) is 0.567. The van der Waals surface area contributed by atoms with Gasteiger partial charge >= 0.3 is 0 Å². The van der Waals surface area contributed by atoms with Crippen LogP contribution in [0.4, 0.5) is 0 Å². The molecular weight excluding hydrogens is 316 g/mol. The number of nitrogens with one attached hydrogen (secondary N) is 1. The van der Waals surface area contributed by atoms with Crippen LogP contribution in [0.25, 0.3) is 11.2 Å². The van der Waals surface area contributed by atoms with E-state index in [1.165, 1.54) is 4.52 Å². The highest BCUT2D eigenvalue weighted by Gasteiger charge is 2.29. The Labute approximate surface area is 136 Å². The number of halogens is 1. The topological polar surface area (TPSA) is 71.6 Å². The molecule has 0 bridgehead atoms. The van der Waals surface area contributed by atoms with E-state index in [9.17, 15) is 9.90 Å². The van der Waals surface area contributed by atoms with E-state index in [0.29, 0.717) is 29.3 Å². The van der Waals surface area contributed by atoms with Gasteiger partial charge in [-0.25, -0.2) is 4.52 Å². The van der Waals surface area contributed by atoms with Crippen LogP contribution in [-0.4, -0.2) is 31.9 Å². The first kappa shape index (κ1) is 14.4. The predicted octanol–water partition coefficient (Wildman–Crippen LogP) is 1.53. The molecule has 1 aliphatic heterocycles. The van der Waals surface area contributed by atoms with E-state index in [1.54, 1.807) is 16.8 Å². The molecule has 1 aromatic carbocycles. The van der Waals surface area contributed by atoms with Gasteiger partial charge in [-0.1, -0.05) is 29.8 Å². The van der Waals surface area contributed by atoms with Gasteiger partial charge in [0.25, 0.3) is 5.56 Å². The zero-order valence-corrected chi connectivity index (χ0v) is 12.9. The molecule has 7 heteroatoms. The Bertz CT molecular complexity index is 919. The third kappa shape index (κ3) is 2.35. The van der Waals surface area contributed by atoms with Crippen molar-refractivity contribution in [1.29, 1.82) is 0 Å². The summed E-state index contributed by atoms with van der Waals surface area (Å²) in [6.45, 7) is 0.486. The fourth-order valence-corrected chi connectivity index (χ4v) is 3.24. The van der Waals surface area contributed by atoms with Gasteiger partial charge in [-0.3, -0.25) is 9.36 Å². The molecule has 1 fully saturated rings. The van der Waals surface area contributed by atoms with Crippen molar-refractivity contribution in [2.24, 2.45) is 0 Å². The number of hydrogen-bond acceptors (Lipinski definition) is 4. The maximum Gasteiger partial charge on any atom is 0.284 e. The molecule has 2 atom stereocenters. The molecule has 0 aliphatic carbocycles. The van der Waals surface area contributed by atoms with Gasteiger partial charge in [0.15, 0.2) is 5.82 Å². The summed E-state index contributed by atoms with van der Waals surface area (Å²) in [6, 6.07) is 10.8. The van der Waals surface area contributed by atoms with Crippen molar-refractivity contribution in [3.63, 3.8) is 0 Å². The molecule has 3 heterocycles. The number of benzene rings is 1. The van der Waals surface area contributed by atoms with Crippen molar-refractivity contribution in [1.82, 2.24) is 19.5 Å². The molecule has 2 aromatic heterocycles. The highest BCUT2D eigenvalue weighted by molar-refractivity contribution is 6.33. The SMILES string of the molecule is O=c1c2c(Cl)ccn2nc([C@@H]2C[C@@H](O)CN2)n1-c1ccccc1. The second-order valence-electron chi connectivity index (χ2n) is 5.64. The van der Waals surface area contributed by atoms with Crippen LogP contribution < -0.4 is 10.9 Å². The van der Waals surface area contributed by atoms with Crippen LogP contribution in [-0.2, 0) is 0 Å². The number of nitrogens with zero attached hydrogens (tertiary/aromatic N) is 3. The van der Waals surface area contributed by atoms with E-state index < -0.39 is 6.10 Å². The maximum atomic E-state index is 13.0. The number of aliphatic hydroxyl groups is 1. The van der Waals surface area contributed by atoms with Crippen molar-refractivity contribution in [2.45, 2.75) is 18.6 Å². The highest BCUT2D eigenvalue weighted by atomic mass is 35.5. The Balaban J connectivity index is 2.02. The molecule has 23 heavy (non-hydrogen) atoms. The van der Waals surface area contributed by atoms with Crippen LogP contribution in [0.3, 0.4) is 0 Å². The fourth-order valence-electron chi connectivity index (χ4n) is 3.01. The zero-order chi connectivity index (χ0) is 16.0. The number of hydrogen-bond donors (Lipinski definition) is 2. The first-order valence-electron chi connectivity index (χ1n) is 7.42. The second-order valence-corrected chi connectivity index (χ2v) is 6.05. The molecule has 0 saturated carbocycles. The van der Waals surface area contributed by atoms with E-state index in [-0.39, 0.29) is 11.6 Å². The normalized spacial score (nSPS) is 21.1. The maximum absolute atomic E-state index is 13.0. The third-order valence-electron chi connectivity index (χ3n) is 4.10. The van der Waals surface area contributed by atoms with Crippen molar-refractivity contribution in [3.8, 4) is 5.69 Å². The van der Waals surface area contributed by atoms with E-state index in [1.807, 2.05) is 30.3 Å². The van der Waals surface area contributed by atoms with Gasteiger partial charge in [-0.05, 0) is 24.6 Å². The van der Waals surface area contributed by atoms with E-state index >= 15 is 0 Å². The second kappa shape index (κ2) is 5.49. The number of rotatable bonds is 2. The number of β-amino-alcohol motifs (C(OH)–C–C–N with tert-alkyl or cyclic N) is 1. The molecule has 1 aliphatic rings. The van der Waals surface area contributed by atoms with Crippen molar-refractivity contribution in [3.05, 3.63) is 63.8 Å². The van der Waals surface area contributed by atoms with Gasteiger partial charge < -0.3 is 10.4 Å². The molecule has 0 unspecified atom stereocenters. The van der Waals surface area contributed by atoms with Gasteiger partial charge in [0.1, 0.15) is 5.52 Å². The average Bonchev–Trinajstić information content (AvgIpc) is 3.14. The molecular formula is C16H15ClN4O2. The minimum absolute atomic E-state index is 0.191. The van der Waals surface area contributed by atoms with E-state index in [2.05, 4.69) is 10.4 Å². The molecule has 3 aromatic rings. The first-order valence-corrected chi connectivity index (χ1v) is 7.79. The minimum atomic E-state index is -0.440. The summed E-state index contributed by atoms with van der Waals surface area (Å²) in [7, 11) is 0. The van der Waals surface area contributed by atoms with Gasteiger partial charge in [0.05, 0.1) is 22.9 Å². The summed E-state index contributed by atoms with van der Waals surface area (Å²) >= 11 is 6.14. The van der Waals surface area contributed by atoms with Gasteiger partial charge in [0, 0.05) is 12.7 Å². The number of fused-ring (bicyclic) bond motifs is 1. The Kier molecular flexibility index (Phi) is 3.45. The average molecular weight is 331 g/mol. The third-order valence-corrected chi connectivity index (χ3v) is 4.40. The molecule has 0 spiro atoms. The molecule has 0 radical (unpaired) electrons. The summed E-state index contributed by atoms with van der Waals surface area (Å²) in [5, 5.41) is 18.0. The van der Waals surface area contributed by atoms with Crippen LogP contribution in [0.1, 0.15) is 18.3 Å². The molecule has 6 nitrogen and oxygen atoms in total. The van der Waals surface area contributed by atoms with Crippen LogP contribution in [0.2, 0.25) is 5.02 Å². The Hall–Kier alpha value is -2.15. The predicted molar refractivity (Wildman–Crippen MR) is 87.2 cm³/mol. The largest absolute Gasteiger partial charge is 0.392 e. The summed E-state index contributed by atoms with van der Waals surface area (Å²) < 4.78 is 3.07. The first-order chi connectivity index (χ1) is 11.1. The lowest BCUT2D eigenvalue weighted by molar-refractivity contribution is 0.192. The minimum Gasteiger partial charge on any atom is -0.392 e. The van der Waals surface area contributed by atoms with Crippen molar-refractivity contribution >= 4 is 17.1 Å². The Morgan fingerprint density at radius 3 is 2.74 bits per heavy atom. The summed E-state index contributed by atoms with van der Waals surface area (Å²) in [4.78, 5) is 13.0. The van der Waals surface area contributed by atoms with Crippen LogP contribution in [0.5, 0.6) is 0 Å². The van der Waals surface area contributed by atoms with Crippen LogP contribution in [0, 0.1) is 0 Å². The van der Waals surface area contributed by atoms with Crippen LogP contribution >= 0.6 is 11.6 Å². The van der Waals surface area contributed by atoms with Gasteiger partial charge in [0.2, 0.25) is 0 Å². The van der Waals surface area contributed by atoms with Crippen LogP contribution in [0.15, 0.2) is 47.4 Å². The van der Waals surface area contributed by atoms with Crippen molar-refractivity contribution in [2.75, 3.05) is 6.54 Å². The standard InChI is InChI=1S/C16H15ClN4O2/c17-12-6-7-20-14(12)16(23)21(10-4-2-1-3-5-10)15(19-20)13-8-11(22)9-18-13/h1-7,11,13,18,22H,8-9H2/t11-,13+/m1/s1. The lowest BCUT2D eigenvalue weighted by Gasteiger charge is -2.17. The van der Waals surface area contributed by atoms with Crippen molar-refractivity contribution < 1.29 is 5.11 Å². The molecule has 1 saturated heterocycles. The lowest BCUT2D eigenvalue weighted by atomic mass is 10.2. The molecule has 0 amide bonds. The van der Waals surface area contributed by atoms with Gasteiger partial charge in [-0.2, -0.15) is 5.10 Å². The summed E-state index contributed by atoms with van der Waals surface area (Å²) in [5.41, 5.74) is 0.847. The highest BCUT2D eigenvalue weighted by Crippen LogP contribution is 2.24. The van der Waals surface area contributed by atoms with Gasteiger partial charge in [-0.15, -0.1) is 0 Å². The smallest absolute Gasteiger partial charge is 0.284 e. The Morgan fingerprint density at radius 2 is 2.04 bits per heavy atom. The molecule has 4 rings (SSSR count). The quantitative estimate of drug-likeness (QED) is 0.747. The summed E-state index contributed by atoms with van der Waals surface area (Å²) in [6.07, 6.45) is 1.74. The monoisotopic (exact) mass is 330 g/mol. The fraction of sp³-hybridized carbons (Fsp3) is 0.250. The number of aromatic nitrogens is 3. The van der Waals surface area contributed by atoms with E-state index in [0.717, 1.165) is 5.69 Å².